The van der Waals surface area contributed by atoms with E-state index in [9.17, 15) is 21.6 Å². The maximum Gasteiger partial charge on any atom is 0.523 e. The van der Waals surface area contributed by atoms with Crippen LogP contribution in [-0.4, -0.2) is 25.4 Å². The van der Waals surface area contributed by atoms with Gasteiger partial charge in [-0.2, -0.15) is 21.6 Å². The molecule has 0 saturated carbocycles. The molecule has 0 aliphatic carbocycles. The molecule has 12 heavy (non-hydrogen) atoms. The molecule has 0 aromatic carbocycles. The van der Waals surface area contributed by atoms with Crippen LogP contribution in [0.2, 0.25) is 0 Å². The topological polar surface area (TPSA) is 43.4 Å². The predicted octanol–water partition coefficient (Wildman–Crippen LogP) is 1.66. The van der Waals surface area contributed by atoms with Crippen molar-refractivity contribution in [1.29, 1.82) is 0 Å². The van der Waals surface area contributed by atoms with Crippen LogP contribution in [0.1, 0.15) is 0 Å². The van der Waals surface area contributed by atoms with Crippen LogP contribution in [0.3, 0.4) is 0 Å². The molecule has 0 unspecified atom stereocenters. The third-order valence-corrected chi connectivity index (χ3v) is 1.90. The summed E-state index contributed by atoms with van der Waals surface area (Å²) in [6, 6.07) is 0. The van der Waals surface area contributed by atoms with Crippen LogP contribution in [0.4, 0.5) is 13.2 Å². The van der Waals surface area contributed by atoms with E-state index in [0.29, 0.717) is 0 Å². The van der Waals surface area contributed by atoms with Crippen LogP contribution in [-0.2, 0) is 14.3 Å². The fourth-order valence-corrected chi connectivity index (χ4v) is 0.932. The standard InChI is InChI=1S/C3H3Cl2F3O3S/c4-2(5)1-11-12(9,10)3(6,7)8/h2H,1H2. The second-order valence-electron chi connectivity index (χ2n) is 1.58. The Labute approximate surface area is 76.5 Å². The third kappa shape index (κ3) is 3.79. The van der Waals surface area contributed by atoms with Crippen molar-refractivity contribution >= 4 is 33.3 Å². The summed E-state index contributed by atoms with van der Waals surface area (Å²) >= 11 is 9.89. The molecule has 0 amide bonds. The van der Waals surface area contributed by atoms with Crippen molar-refractivity contribution in [2.45, 2.75) is 10.3 Å². The molecule has 9 heteroatoms. The van der Waals surface area contributed by atoms with Crippen molar-refractivity contribution in [2.24, 2.45) is 0 Å². The van der Waals surface area contributed by atoms with Crippen molar-refractivity contribution in [3.63, 3.8) is 0 Å². The van der Waals surface area contributed by atoms with Crippen LogP contribution >= 0.6 is 23.2 Å². The lowest BCUT2D eigenvalue weighted by Crippen LogP contribution is -2.27. The van der Waals surface area contributed by atoms with Gasteiger partial charge in [-0.1, -0.05) is 0 Å². The Morgan fingerprint density at radius 2 is 1.75 bits per heavy atom. The molecule has 0 aliphatic heterocycles. The Morgan fingerprint density at radius 1 is 1.33 bits per heavy atom. The molecule has 0 rings (SSSR count). The van der Waals surface area contributed by atoms with Crippen LogP contribution < -0.4 is 0 Å². The van der Waals surface area contributed by atoms with E-state index in [4.69, 9.17) is 23.2 Å². The minimum atomic E-state index is -5.56. The zero-order chi connectivity index (χ0) is 9.99. The van der Waals surface area contributed by atoms with Gasteiger partial charge in [0.25, 0.3) is 0 Å². The largest absolute Gasteiger partial charge is 0.523 e. The van der Waals surface area contributed by atoms with Crippen molar-refractivity contribution in [1.82, 2.24) is 0 Å². The lowest BCUT2D eigenvalue weighted by molar-refractivity contribution is -0.0539. The van der Waals surface area contributed by atoms with Crippen molar-refractivity contribution in [2.75, 3.05) is 6.61 Å². The number of alkyl halides is 5. The second kappa shape index (κ2) is 3.99. The molecule has 3 nitrogen and oxygen atoms in total. The monoisotopic (exact) mass is 246 g/mol. The number of halogens is 5. The Bertz CT molecular complexity index is 234. The van der Waals surface area contributed by atoms with E-state index in [0.717, 1.165) is 0 Å². The fraction of sp³-hybridized carbons (Fsp3) is 1.00. The van der Waals surface area contributed by atoms with E-state index in [1.54, 1.807) is 0 Å². The number of rotatable bonds is 3. The Hall–Kier alpha value is 0.280. The average Bonchev–Trinajstić information content (AvgIpc) is 1.81. The minimum absolute atomic E-state index is 0.926. The van der Waals surface area contributed by atoms with E-state index in [1.807, 2.05) is 0 Å². The molecule has 0 heterocycles. The quantitative estimate of drug-likeness (QED) is 0.432. The number of hydrogen-bond donors (Lipinski definition) is 0. The molecule has 74 valence electrons. The molecular formula is C3H3Cl2F3O3S. The maximum atomic E-state index is 11.5. The first kappa shape index (κ1) is 12.3. The van der Waals surface area contributed by atoms with Gasteiger partial charge < -0.3 is 0 Å². The Balaban J connectivity index is 4.27. The molecule has 0 bridgehead atoms. The summed E-state index contributed by atoms with van der Waals surface area (Å²) < 4.78 is 58.1. The predicted molar refractivity (Wildman–Crippen MR) is 36.4 cm³/mol. The van der Waals surface area contributed by atoms with E-state index in [2.05, 4.69) is 4.18 Å². The fourth-order valence-electron chi connectivity index (χ4n) is 0.208. The highest BCUT2D eigenvalue weighted by Crippen LogP contribution is 2.25. The highest BCUT2D eigenvalue weighted by molar-refractivity contribution is 7.87. The molecule has 0 fully saturated rings. The van der Waals surface area contributed by atoms with Gasteiger partial charge in [0.2, 0.25) is 0 Å². The minimum Gasteiger partial charge on any atom is -0.260 e. The van der Waals surface area contributed by atoms with Crippen LogP contribution in [0.5, 0.6) is 0 Å². The number of hydrogen-bond acceptors (Lipinski definition) is 3. The van der Waals surface area contributed by atoms with Gasteiger partial charge in [-0.3, -0.25) is 4.18 Å². The van der Waals surface area contributed by atoms with Gasteiger partial charge in [-0.05, 0) is 0 Å². The summed E-state index contributed by atoms with van der Waals surface area (Å²) in [5, 5.41) is 0. The van der Waals surface area contributed by atoms with Crippen LogP contribution in [0.15, 0.2) is 0 Å². The highest BCUT2D eigenvalue weighted by Gasteiger charge is 2.47. The summed E-state index contributed by atoms with van der Waals surface area (Å²) in [4.78, 5) is -1.32. The zero-order valence-electron chi connectivity index (χ0n) is 5.31. The molecule has 0 atom stereocenters. The third-order valence-electron chi connectivity index (χ3n) is 0.633. The summed E-state index contributed by atoms with van der Waals surface area (Å²) in [5.41, 5.74) is -5.43. The summed E-state index contributed by atoms with van der Waals surface area (Å²) in [6.45, 7) is -0.926. The van der Waals surface area contributed by atoms with Gasteiger partial charge in [0, 0.05) is 0 Å². The normalized spacial score (nSPS) is 13.8. The second-order valence-corrected chi connectivity index (χ2v) is 4.46. The molecule has 0 radical (unpaired) electrons. The molecule has 0 aliphatic rings. The highest BCUT2D eigenvalue weighted by atomic mass is 35.5. The van der Waals surface area contributed by atoms with Crippen molar-refractivity contribution < 1.29 is 25.8 Å². The zero-order valence-corrected chi connectivity index (χ0v) is 7.64. The molecule has 0 saturated heterocycles. The van der Waals surface area contributed by atoms with Gasteiger partial charge in [0.1, 0.15) is 4.84 Å². The van der Waals surface area contributed by atoms with Gasteiger partial charge in [0.15, 0.2) is 0 Å². The van der Waals surface area contributed by atoms with E-state index in [-0.39, 0.29) is 0 Å². The maximum absolute atomic E-state index is 11.5. The van der Waals surface area contributed by atoms with Crippen LogP contribution in [0, 0.1) is 0 Å². The molecular weight excluding hydrogens is 244 g/mol. The first-order chi connectivity index (χ1) is 5.17. The van der Waals surface area contributed by atoms with E-state index in [1.165, 1.54) is 0 Å². The summed E-state index contributed by atoms with van der Waals surface area (Å²) in [7, 11) is -5.56. The van der Waals surface area contributed by atoms with Gasteiger partial charge in [0.05, 0.1) is 6.61 Å². The van der Waals surface area contributed by atoms with Gasteiger partial charge in [-0.15, -0.1) is 23.2 Å². The summed E-state index contributed by atoms with van der Waals surface area (Å²) in [6.07, 6.45) is 0. The van der Waals surface area contributed by atoms with E-state index < -0.39 is 27.1 Å². The van der Waals surface area contributed by atoms with Gasteiger partial charge >= 0.3 is 15.6 Å². The van der Waals surface area contributed by atoms with Crippen LogP contribution in [0.25, 0.3) is 0 Å². The first-order valence-corrected chi connectivity index (χ1v) is 4.69. The molecule has 0 N–H and O–H groups in total. The first-order valence-electron chi connectivity index (χ1n) is 2.40. The van der Waals surface area contributed by atoms with Crippen molar-refractivity contribution in [3.05, 3.63) is 0 Å². The van der Waals surface area contributed by atoms with E-state index >= 15 is 0 Å². The lowest BCUT2D eigenvalue weighted by atomic mass is 10.9. The average molecular weight is 247 g/mol. The van der Waals surface area contributed by atoms with Gasteiger partial charge in [-0.25, -0.2) is 0 Å². The van der Waals surface area contributed by atoms with Crippen molar-refractivity contribution in [3.8, 4) is 0 Å². The molecule has 0 spiro atoms. The molecule has 0 aromatic rings. The summed E-state index contributed by atoms with van der Waals surface area (Å²) in [5.74, 6) is 0. The molecule has 0 aromatic heterocycles. The Kier molecular flexibility index (Phi) is 4.09. The SMILES string of the molecule is O=S(=O)(OCC(Cl)Cl)C(F)(F)F. The smallest absolute Gasteiger partial charge is 0.260 e. The lowest BCUT2D eigenvalue weighted by Gasteiger charge is -2.07. The Morgan fingerprint density at radius 3 is 2.00 bits per heavy atom.